The van der Waals surface area contributed by atoms with E-state index in [-0.39, 0.29) is 29.6 Å². The van der Waals surface area contributed by atoms with Gasteiger partial charge in [-0.15, -0.1) is 0 Å². The summed E-state index contributed by atoms with van der Waals surface area (Å²) in [5.74, 6) is -0.443. The number of pyridine rings is 1. The van der Waals surface area contributed by atoms with Gasteiger partial charge in [0, 0.05) is 11.6 Å². The Morgan fingerprint density at radius 2 is 2.12 bits per heavy atom. The van der Waals surface area contributed by atoms with Crippen LogP contribution in [-0.4, -0.2) is 51.7 Å². The van der Waals surface area contributed by atoms with Crippen LogP contribution < -0.4 is 4.74 Å². The fourth-order valence-electron chi connectivity index (χ4n) is 1.42. The summed E-state index contributed by atoms with van der Waals surface area (Å²) in [6.45, 7) is 1.50. The Labute approximate surface area is 121 Å². The molecule has 84 valence electrons. The normalized spacial score (nSPS) is 11.6. The number of nitrogens with zero attached hydrogens (tertiary/aromatic N) is 1. The zero-order chi connectivity index (χ0) is 11.5. The second-order valence-corrected chi connectivity index (χ2v) is 3.42. The fourth-order valence-corrected chi connectivity index (χ4v) is 1.42. The third kappa shape index (κ3) is 3.19. The van der Waals surface area contributed by atoms with E-state index in [1.165, 1.54) is 6.92 Å². The molecule has 2 aromatic rings. The van der Waals surface area contributed by atoms with Crippen molar-refractivity contribution in [1.29, 1.82) is 0 Å². The second-order valence-electron chi connectivity index (χ2n) is 3.42. The first-order valence-electron chi connectivity index (χ1n) is 4.91. The van der Waals surface area contributed by atoms with E-state index in [4.69, 9.17) is 9.84 Å². The Bertz CT molecular complexity index is 525. The molecule has 5 heteroatoms. The first kappa shape index (κ1) is 14.0. The summed E-state index contributed by atoms with van der Waals surface area (Å²) in [6.07, 6.45) is 0.818. The summed E-state index contributed by atoms with van der Waals surface area (Å²) in [5.41, 5.74) is 0.789. The summed E-state index contributed by atoms with van der Waals surface area (Å²) >= 11 is 0. The number of carboxylic acids is 1. The van der Waals surface area contributed by atoms with Crippen LogP contribution in [0.25, 0.3) is 10.9 Å². The van der Waals surface area contributed by atoms with E-state index in [0.717, 1.165) is 10.9 Å². The van der Waals surface area contributed by atoms with Crippen molar-refractivity contribution in [3.8, 4) is 5.75 Å². The Morgan fingerprint density at radius 1 is 1.35 bits per heavy atom. The first-order valence-corrected chi connectivity index (χ1v) is 4.91. The number of hydrogen-bond donors (Lipinski definition) is 1. The molecule has 1 heterocycles. The zero-order valence-electron chi connectivity index (χ0n) is 8.75. The average Bonchev–Trinajstić information content (AvgIpc) is 2.29. The molecule has 0 saturated heterocycles. The van der Waals surface area contributed by atoms with Crippen LogP contribution in [0.2, 0.25) is 0 Å². The van der Waals surface area contributed by atoms with Crippen molar-refractivity contribution in [3.05, 3.63) is 36.5 Å². The van der Waals surface area contributed by atoms with Gasteiger partial charge in [0.2, 0.25) is 0 Å². The Hall–Kier alpha value is -1.10. The average molecular weight is 241 g/mol. The van der Waals surface area contributed by atoms with E-state index in [0.29, 0.717) is 5.75 Å². The molecule has 0 unspecified atom stereocenters. The van der Waals surface area contributed by atoms with Gasteiger partial charge in [-0.3, -0.25) is 4.98 Å². The number of hydrogen-bond acceptors (Lipinski definition) is 3. The number of ether oxygens (including phenoxy) is 1. The van der Waals surface area contributed by atoms with Crippen LogP contribution in [0.4, 0.5) is 0 Å². The van der Waals surface area contributed by atoms with Crippen molar-refractivity contribution < 1.29 is 14.6 Å². The van der Waals surface area contributed by atoms with E-state index in [9.17, 15) is 4.79 Å². The number of carbonyl (C=O) groups is 1. The van der Waals surface area contributed by atoms with Gasteiger partial charge in [0.1, 0.15) is 5.75 Å². The van der Waals surface area contributed by atoms with Crippen LogP contribution >= 0.6 is 0 Å². The van der Waals surface area contributed by atoms with Crippen molar-refractivity contribution in [2.24, 2.45) is 0 Å². The molecule has 17 heavy (non-hydrogen) atoms. The van der Waals surface area contributed by atoms with E-state index < -0.39 is 12.1 Å². The minimum absolute atomic E-state index is 0. The molecule has 1 aromatic heterocycles. The molecule has 0 aliphatic carbocycles. The Balaban J connectivity index is 0.00000144. The molecule has 1 aromatic carbocycles. The van der Waals surface area contributed by atoms with Gasteiger partial charge in [-0.25, -0.2) is 4.79 Å². The summed E-state index contributed by atoms with van der Waals surface area (Å²) in [4.78, 5) is 14.9. The van der Waals surface area contributed by atoms with Gasteiger partial charge in [0.15, 0.2) is 6.10 Å². The summed E-state index contributed by atoms with van der Waals surface area (Å²) in [7, 11) is 0. The number of carboxylic acid groups (broad SMARTS) is 1. The number of aromatic nitrogens is 1. The molecule has 0 radical (unpaired) electrons. The van der Waals surface area contributed by atoms with Gasteiger partial charge in [0.25, 0.3) is 0 Å². The van der Waals surface area contributed by atoms with Gasteiger partial charge in [-0.1, -0.05) is 6.07 Å². The van der Waals surface area contributed by atoms with Gasteiger partial charge in [-0.2, -0.15) is 0 Å². The van der Waals surface area contributed by atoms with E-state index >= 15 is 0 Å². The summed E-state index contributed by atoms with van der Waals surface area (Å²) in [5, 5.41) is 9.59. The molecule has 2 rings (SSSR count). The van der Waals surface area contributed by atoms with E-state index in [1.54, 1.807) is 24.4 Å². The molecule has 0 spiro atoms. The molecular formula is C12H12NNaO3. The maximum atomic E-state index is 10.7. The van der Waals surface area contributed by atoms with Crippen molar-refractivity contribution in [3.63, 3.8) is 0 Å². The van der Waals surface area contributed by atoms with Crippen molar-refractivity contribution in [2.75, 3.05) is 0 Å². The number of benzene rings is 1. The molecular weight excluding hydrogens is 229 g/mol. The Morgan fingerprint density at radius 3 is 2.82 bits per heavy atom. The van der Waals surface area contributed by atoms with Crippen LogP contribution in [0.3, 0.4) is 0 Å². The molecule has 1 atom stereocenters. The predicted molar refractivity (Wildman–Crippen MR) is 66.6 cm³/mol. The van der Waals surface area contributed by atoms with Crippen molar-refractivity contribution in [2.45, 2.75) is 13.0 Å². The molecule has 4 nitrogen and oxygen atoms in total. The van der Waals surface area contributed by atoms with Gasteiger partial charge < -0.3 is 9.84 Å². The van der Waals surface area contributed by atoms with Crippen molar-refractivity contribution >= 4 is 46.4 Å². The van der Waals surface area contributed by atoms with Gasteiger partial charge >= 0.3 is 35.5 Å². The predicted octanol–water partition coefficient (Wildman–Crippen LogP) is 1.44. The van der Waals surface area contributed by atoms with Crippen LogP contribution in [0.15, 0.2) is 36.5 Å². The molecule has 0 amide bonds. The number of fused-ring (bicyclic) bond motifs is 1. The van der Waals surface area contributed by atoms with Crippen LogP contribution in [0.5, 0.6) is 5.75 Å². The quantitative estimate of drug-likeness (QED) is 0.826. The number of rotatable bonds is 3. The van der Waals surface area contributed by atoms with Crippen LogP contribution in [-0.2, 0) is 4.79 Å². The molecule has 0 saturated carbocycles. The standard InChI is InChI=1S/C12H11NO3.Na.H/c1-8(12(14)15)16-11-6-2-5-10-9(11)4-3-7-13-10;;/h2-8H,1H3,(H,14,15);;/t8-;;/m0../s1. The third-order valence-corrected chi connectivity index (χ3v) is 2.26. The molecule has 0 aliphatic rings. The second kappa shape index (κ2) is 6.00. The van der Waals surface area contributed by atoms with Crippen LogP contribution in [0.1, 0.15) is 6.92 Å². The summed E-state index contributed by atoms with van der Waals surface area (Å²) < 4.78 is 5.35. The van der Waals surface area contributed by atoms with Crippen LogP contribution in [0, 0.1) is 0 Å². The summed E-state index contributed by atoms with van der Waals surface area (Å²) in [6, 6.07) is 9.03. The SMILES string of the molecule is C[C@H](Oc1cccc2ncccc12)C(=O)O.[NaH]. The van der Waals surface area contributed by atoms with E-state index in [2.05, 4.69) is 4.98 Å². The zero-order valence-corrected chi connectivity index (χ0v) is 8.75. The van der Waals surface area contributed by atoms with Gasteiger partial charge in [-0.05, 0) is 31.2 Å². The van der Waals surface area contributed by atoms with E-state index in [1.807, 2.05) is 12.1 Å². The maximum absolute atomic E-state index is 10.7. The molecule has 0 bridgehead atoms. The molecule has 1 N–H and O–H groups in total. The van der Waals surface area contributed by atoms with Gasteiger partial charge in [0.05, 0.1) is 5.52 Å². The monoisotopic (exact) mass is 241 g/mol. The van der Waals surface area contributed by atoms with Crippen molar-refractivity contribution in [1.82, 2.24) is 4.98 Å². The number of aliphatic carboxylic acids is 1. The topological polar surface area (TPSA) is 59.4 Å². The minimum atomic E-state index is -0.985. The first-order chi connectivity index (χ1) is 7.68. The molecule has 0 fully saturated rings. The third-order valence-electron chi connectivity index (χ3n) is 2.26. The molecule has 0 aliphatic heterocycles. The fraction of sp³-hybridized carbons (Fsp3) is 0.167. The Kier molecular flexibility index (Phi) is 4.93.